The molecule has 0 fully saturated rings. The number of carbonyl (C=O) groups is 2. The van der Waals surface area contributed by atoms with Gasteiger partial charge in [0.2, 0.25) is 11.8 Å². The van der Waals surface area contributed by atoms with E-state index in [0.717, 1.165) is 35.4 Å². The van der Waals surface area contributed by atoms with Crippen LogP contribution in [0.3, 0.4) is 0 Å². The van der Waals surface area contributed by atoms with Crippen molar-refractivity contribution in [2.75, 3.05) is 26.4 Å². The van der Waals surface area contributed by atoms with E-state index in [1.807, 2.05) is 0 Å². The quantitative estimate of drug-likeness (QED) is 0.0365. The molecule has 6 aromatic rings. The molecule has 0 bridgehead atoms. The fraction of sp³-hybridized carbons (Fsp3) is 0.360. The van der Waals surface area contributed by atoms with Crippen molar-refractivity contribution in [1.82, 2.24) is 19.6 Å². The number of halogens is 6. The van der Waals surface area contributed by atoms with Crippen LogP contribution in [0.1, 0.15) is 76.6 Å². The minimum atomic E-state index is -4.45. The molecule has 0 unspecified atom stereocenters. The van der Waals surface area contributed by atoms with Gasteiger partial charge in [-0.05, 0) is 128 Å². The monoisotopic (exact) mass is 1020 g/mol. The summed E-state index contributed by atoms with van der Waals surface area (Å²) in [5.74, 6) is -0.299. The molecule has 376 valence electrons. The molecule has 4 aromatic carbocycles. The summed E-state index contributed by atoms with van der Waals surface area (Å²) in [5, 5.41) is 30.9. The molecule has 2 aromatic heterocycles. The van der Waals surface area contributed by atoms with Crippen LogP contribution in [0.25, 0.3) is 11.4 Å². The van der Waals surface area contributed by atoms with Crippen molar-refractivity contribution >= 4 is 49.7 Å². The number of rotatable bonds is 22. The van der Waals surface area contributed by atoms with Crippen molar-refractivity contribution in [3.63, 3.8) is 0 Å². The number of carboxylic acids is 2. The second-order valence-corrected chi connectivity index (χ2v) is 16.4. The molecule has 21 heteroatoms. The molecule has 71 heavy (non-hydrogen) atoms. The van der Waals surface area contributed by atoms with Crippen molar-refractivity contribution in [3.8, 4) is 46.1 Å². The van der Waals surface area contributed by atoms with Crippen LogP contribution in [0, 0.1) is 0 Å². The van der Waals surface area contributed by atoms with Crippen LogP contribution in [-0.4, -0.2) is 107 Å². The van der Waals surface area contributed by atoms with Crippen molar-refractivity contribution < 1.29 is 74.6 Å². The molecule has 14 nitrogen and oxygen atoms in total. The van der Waals surface area contributed by atoms with Crippen LogP contribution in [-0.2, 0) is 34.8 Å². The number of carboxylic acid groups (broad SMARTS) is 2. The molecule has 2 heterocycles. The Labute approximate surface area is 436 Å². The minimum absolute atomic E-state index is 0. The van der Waals surface area contributed by atoms with Crippen LogP contribution in [0.15, 0.2) is 109 Å². The van der Waals surface area contributed by atoms with Gasteiger partial charge in [-0.15, -0.1) is 10.2 Å². The molecule has 0 radical (unpaired) electrons. The summed E-state index contributed by atoms with van der Waals surface area (Å²) in [4.78, 5) is 22.3. The molecule has 6 rings (SSSR count). The second kappa shape index (κ2) is 25.3. The molecule has 0 aliphatic carbocycles. The van der Waals surface area contributed by atoms with Crippen LogP contribution >= 0.6 is 0 Å². The summed E-state index contributed by atoms with van der Waals surface area (Å²) in [6, 6.07) is 23.0. The standard InChI is InChI=1S/2C25H27F3N2O5.Ca/c2*1-4-33-22-17(16-30(29-22)19-10-5-9-18(14-19)25(26,27)28)8-7-13-34-20-11-6-12-21(15-20)35-24(2,3)23(31)32;/h2*5-6,9-12,14-16H,4,7-8,13H2,1-3H3,(H,31,32);/q;;+2/p-2. The molecular formula is C50H52CaF6N4O10. The van der Waals surface area contributed by atoms with Gasteiger partial charge in [-0.1, -0.05) is 24.3 Å². The van der Waals surface area contributed by atoms with Crippen molar-refractivity contribution in [3.05, 3.63) is 132 Å². The molecule has 0 N–H and O–H groups in total. The number of aliphatic carboxylic acids is 2. The van der Waals surface area contributed by atoms with Gasteiger partial charge in [-0.2, -0.15) is 26.3 Å². The average Bonchev–Trinajstić information content (AvgIpc) is 3.90. The normalized spacial score (nSPS) is 11.7. The largest absolute Gasteiger partial charge is 2.00 e. The molecule has 0 atom stereocenters. The van der Waals surface area contributed by atoms with Gasteiger partial charge in [0.25, 0.3) is 0 Å². The number of hydrogen-bond acceptors (Lipinski definition) is 12. The average molecular weight is 1020 g/mol. The zero-order chi connectivity index (χ0) is 51.3. The van der Waals surface area contributed by atoms with E-state index in [1.54, 1.807) is 86.9 Å². The number of alkyl halides is 6. The maximum Gasteiger partial charge on any atom is 2.00 e. The Bertz CT molecular complexity index is 2500. The van der Waals surface area contributed by atoms with Gasteiger partial charge < -0.3 is 48.2 Å². The van der Waals surface area contributed by atoms with E-state index < -0.39 is 46.6 Å². The molecule has 0 aliphatic heterocycles. The van der Waals surface area contributed by atoms with Crippen LogP contribution in [0.4, 0.5) is 26.3 Å². The van der Waals surface area contributed by atoms with Gasteiger partial charge in [0, 0.05) is 35.7 Å². The van der Waals surface area contributed by atoms with Gasteiger partial charge in [-0.3, -0.25) is 0 Å². The van der Waals surface area contributed by atoms with E-state index in [9.17, 15) is 46.1 Å². The van der Waals surface area contributed by atoms with Crippen molar-refractivity contribution in [1.29, 1.82) is 0 Å². The molecule has 0 aliphatic rings. The smallest absolute Gasteiger partial charge is 0.546 e. The summed E-state index contributed by atoms with van der Waals surface area (Å²) >= 11 is 0. The van der Waals surface area contributed by atoms with E-state index in [-0.39, 0.29) is 49.1 Å². The van der Waals surface area contributed by atoms with E-state index >= 15 is 0 Å². The zero-order valence-corrected chi connectivity index (χ0v) is 42.1. The molecule has 0 saturated carbocycles. The van der Waals surface area contributed by atoms with E-state index in [0.29, 0.717) is 86.9 Å². The van der Waals surface area contributed by atoms with Crippen LogP contribution < -0.4 is 38.6 Å². The minimum Gasteiger partial charge on any atom is -0.546 e. The van der Waals surface area contributed by atoms with Gasteiger partial charge in [0.1, 0.15) is 34.2 Å². The van der Waals surface area contributed by atoms with E-state index in [1.165, 1.54) is 49.2 Å². The molecule has 0 amide bonds. The Morgan fingerprint density at radius 1 is 0.535 bits per heavy atom. The molecular weight excluding hydrogens is 971 g/mol. The number of aromatic nitrogens is 4. The summed E-state index contributed by atoms with van der Waals surface area (Å²) in [6.07, 6.45) is -3.42. The van der Waals surface area contributed by atoms with E-state index in [2.05, 4.69) is 10.2 Å². The van der Waals surface area contributed by atoms with Crippen LogP contribution in [0.2, 0.25) is 0 Å². The first-order chi connectivity index (χ1) is 33.0. The second-order valence-electron chi connectivity index (χ2n) is 16.4. The third-order valence-corrected chi connectivity index (χ3v) is 10.00. The Morgan fingerprint density at radius 2 is 0.887 bits per heavy atom. The fourth-order valence-corrected chi connectivity index (χ4v) is 6.39. The number of ether oxygens (including phenoxy) is 6. The van der Waals surface area contributed by atoms with Crippen molar-refractivity contribution in [2.45, 2.75) is 90.8 Å². The molecule has 0 saturated heterocycles. The van der Waals surface area contributed by atoms with Gasteiger partial charge >= 0.3 is 50.1 Å². The number of nitrogens with zero attached hydrogens (tertiary/aromatic N) is 4. The van der Waals surface area contributed by atoms with Crippen molar-refractivity contribution in [2.24, 2.45) is 0 Å². The predicted octanol–water partition coefficient (Wildman–Crippen LogP) is 8.04. The maximum absolute atomic E-state index is 13.1. The maximum atomic E-state index is 13.1. The van der Waals surface area contributed by atoms with Crippen LogP contribution in [0.5, 0.6) is 34.8 Å². The SMILES string of the molecule is CCOc1nn(-c2cccc(C(F)(F)F)c2)cc1CCCOc1cccc(OC(C)(C)C(=O)[O-])c1.CCOc1nn(-c2cccc(C(F)(F)F)c2)cc1CCCOc1cccc(OC(C)(C)C(=O)[O-])c1.[Ca+2]. The zero-order valence-electron chi connectivity index (χ0n) is 39.9. The Balaban J connectivity index is 0.000000304. The molecule has 0 spiro atoms. The topological polar surface area (TPSA) is 171 Å². The summed E-state index contributed by atoms with van der Waals surface area (Å²) < 4.78 is 115. The fourth-order valence-electron chi connectivity index (χ4n) is 6.39. The summed E-state index contributed by atoms with van der Waals surface area (Å²) in [6.45, 7) is 10.5. The Hall–Kier alpha value is -6.12. The van der Waals surface area contributed by atoms with Gasteiger partial charge in [0.05, 0.1) is 60.9 Å². The Morgan fingerprint density at radius 3 is 1.23 bits per heavy atom. The number of aryl methyl sites for hydroxylation is 2. The Kier molecular flexibility index (Phi) is 20.5. The summed E-state index contributed by atoms with van der Waals surface area (Å²) in [7, 11) is 0. The predicted molar refractivity (Wildman–Crippen MR) is 245 cm³/mol. The first-order valence-electron chi connectivity index (χ1n) is 22.0. The van der Waals surface area contributed by atoms with E-state index in [4.69, 9.17) is 28.4 Å². The first-order valence-corrected chi connectivity index (χ1v) is 22.0. The number of hydrogen-bond donors (Lipinski definition) is 0. The van der Waals surface area contributed by atoms with Gasteiger partial charge in [0.15, 0.2) is 0 Å². The first kappa shape index (κ1) is 57.5. The van der Waals surface area contributed by atoms with Gasteiger partial charge in [-0.25, -0.2) is 9.36 Å². The third kappa shape index (κ3) is 17.0. The summed E-state index contributed by atoms with van der Waals surface area (Å²) in [5.41, 5.74) is -2.47. The number of carbonyl (C=O) groups excluding carboxylic acids is 2. The third-order valence-electron chi connectivity index (χ3n) is 10.00. The number of benzene rings is 4.